The first kappa shape index (κ1) is 13.4. The molecule has 2 aliphatic rings. The first-order chi connectivity index (χ1) is 8.16. The van der Waals surface area contributed by atoms with E-state index in [0.717, 1.165) is 31.6 Å². The summed E-state index contributed by atoms with van der Waals surface area (Å²) in [6.45, 7) is 2.95. The van der Waals surface area contributed by atoms with Crippen LogP contribution in [0.4, 0.5) is 0 Å². The van der Waals surface area contributed by atoms with Gasteiger partial charge in [0.2, 0.25) is 0 Å². The van der Waals surface area contributed by atoms with Gasteiger partial charge in [-0.3, -0.25) is 0 Å². The number of aliphatic hydroxyl groups is 1. The highest BCUT2D eigenvalue weighted by Crippen LogP contribution is 2.51. The van der Waals surface area contributed by atoms with E-state index in [1.165, 1.54) is 38.5 Å². The summed E-state index contributed by atoms with van der Waals surface area (Å²) in [6, 6.07) is 0. The van der Waals surface area contributed by atoms with Crippen LogP contribution < -0.4 is 5.73 Å². The Morgan fingerprint density at radius 3 is 2.12 bits per heavy atom. The van der Waals surface area contributed by atoms with Crippen LogP contribution in [0, 0.1) is 11.3 Å². The molecule has 0 aromatic heterocycles. The van der Waals surface area contributed by atoms with Crippen LogP contribution in [0.5, 0.6) is 0 Å². The maximum atomic E-state index is 11.1. The predicted molar refractivity (Wildman–Crippen MR) is 71.8 cm³/mol. The minimum atomic E-state index is -0.451. The van der Waals surface area contributed by atoms with E-state index in [2.05, 4.69) is 6.92 Å². The summed E-state index contributed by atoms with van der Waals surface area (Å²) in [5.74, 6) is 0.841. The van der Waals surface area contributed by atoms with Gasteiger partial charge < -0.3 is 10.8 Å². The van der Waals surface area contributed by atoms with Crippen molar-refractivity contribution in [2.75, 3.05) is 6.54 Å². The van der Waals surface area contributed by atoms with Crippen molar-refractivity contribution >= 4 is 0 Å². The summed E-state index contributed by atoms with van der Waals surface area (Å²) in [6.07, 6.45) is 11.8. The topological polar surface area (TPSA) is 46.2 Å². The Kier molecular flexibility index (Phi) is 4.14. The molecule has 0 aromatic rings. The van der Waals surface area contributed by atoms with Crippen molar-refractivity contribution < 1.29 is 5.11 Å². The van der Waals surface area contributed by atoms with Gasteiger partial charge in [-0.15, -0.1) is 0 Å². The summed E-state index contributed by atoms with van der Waals surface area (Å²) < 4.78 is 0. The molecular formula is C15H29NO. The van der Waals surface area contributed by atoms with E-state index < -0.39 is 5.60 Å². The monoisotopic (exact) mass is 239 g/mol. The van der Waals surface area contributed by atoms with Gasteiger partial charge in [0.1, 0.15) is 0 Å². The van der Waals surface area contributed by atoms with Crippen LogP contribution in [0.3, 0.4) is 0 Å². The lowest BCUT2D eigenvalue weighted by molar-refractivity contribution is -0.128. The van der Waals surface area contributed by atoms with Gasteiger partial charge in [-0.25, -0.2) is 0 Å². The number of hydrogen-bond donors (Lipinski definition) is 2. The lowest BCUT2D eigenvalue weighted by Crippen LogP contribution is -2.55. The summed E-state index contributed by atoms with van der Waals surface area (Å²) in [5.41, 5.74) is 5.66. The van der Waals surface area contributed by atoms with Crippen molar-refractivity contribution in [2.45, 2.75) is 76.7 Å². The molecule has 0 saturated heterocycles. The van der Waals surface area contributed by atoms with Crippen LogP contribution in [0.25, 0.3) is 0 Å². The Labute approximate surface area is 106 Å². The SMILES string of the molecule is CCC1CCC(O)(C2(CN)CCCCC2)CC1. The highest BCUT2D eigenvalue weighted by molar-refractivity contribution is 5.03. The van der Waals surface area contributed by atoms with Gasteiger partial charge in [-0.2, -0.15) is 0 Å². The molecule has 17 heavy (non-hydrogen) atoms. The van der Waals surface area contributed by atoms with Crippen molar-refractivity contribution in [3.05, 3.63) is 0 Å². The zero-order chi connectivity index (χ0) is 12.4. The molecule has 0 amide bonds. The van der Waals surface area contributed by atoms with Gasteiger partial charge in [0.05, 0.1) is 5.60 Å². The molecule has 0 radical (unpaired) electrons. The molecule has 2 rings (SSSR count). The largest absolute Gasteiger partial charge is 0.389 e. The van der Waals surface area contributed by atoms with E-state index in [1.807, 2.05) is 0 Å². The van der Waals surface area contributed by atoms with Crippen LogP contribution >= 0.6 is 0 Å². The maximum Gasteiger partial charge on any atom is 0.0716 e. The first-order valence-electron chi connectivity index (χ1n) is 7.58. The van der Waals surface area contributed by atoms with E-state index in [4.69, 9.17) is 5.73 Å². The summed E-state index contributed by atoms with van der Waals surface area (Å²) in [4.78, 5) is 0. The lowest BCUT2D eigenvalue weighted by Gasteiger charge is -2.52. The fourth-order valence-electron chi connectivity index (χ4n) is 4.18. The Morgan fingerprint density at radius 1 is 1.06 bits per heavy atom. The Hall–Kier alpha value is -0.0800. The molecule has 2 heteroatoms. The summed E-state index contributed by atoms with van der Waals surface area (Å²) in [7, 11) is 0. The minimum Gasteiger partial charge on any atom is -0.389 e. The van der Waals surface area contributed by atoms with Gasteiger partial charge in [-0.1, -0.05) is 32.6 Å². The lowest BCUT2D eigenvalue weighted by atomic mass is 9.57. The highest BCUT2D eigenvalue weighted by Gasteiger charge is 2.50. The Balaban J connectivity index is 2.08. The van der Waals surface area contributed by atoms with Crippen molar-refractivity contribution in [3.63, 3.8) is 0 Å². The smallest absolute Gasteiger partial charge is 0.0716 e. The first-order valence-corrected chi connectivity index (χ1v) is 7.58. The average molecular weight is 239 g/mol. The second-order valence-corrected chi connectivity index (χ2v) is 6.43. The quantitative estimate of drug-likeness (QED) is 0.794. The molecule has 0 bridgehead atoms. The second kappa shape index (κ2) is 5.27. The van der Waals surface area contributed by atoms with E-state index in [1.54, 1.807) is 0 Å². The van der Waals surface area contributed by atoms with Gasteiger partial charge in [0.25, 0.3) is 0 Å². The van der Waals surface area contributed by atoms with Crippen LogP contribution in [0.15, 0.2) is 0 Å². The minimum absolute atomic E-state index is 0.0456. The third-order valence-electron chi connectivity index (χ3n) is 5.70. The van der Waals surface area contributed by atoms with E-state index >= 15 is 0 Å². The summed E-state index contributed by atoms with van der Waals surface area (Å²) in [5, 5.41) is 11.1. The molecule has 2 fully saturated rings. The fourth-order valence-corrected chi connectivity index (χ4v) is 4.18. The fraction of sp³-hybridized carbons (Fsp3) is 1.00. The molecule has 0 unspecified atom stereocenters. The molecule has 3 N–H and O–H groups in total. The molecule has 0 heterocycles. The molecule has 100 valence electrons. The zero-order valence-corrected chi connectivity index (χ0v) is 11.4. The number of nitrogens with two attached hydrogens (primary N) is 1. The molecule has 2 aliphatic carbocycles. The van der Waals surface area contributed by atoms with E-state index in [0.29, 0.717) is 6.54 Å². The van der Waals surface area contributed by atoms with Gasteiger partial charge in [0.15, 0.2) is 0 Å². The molecule has 2 saturated carbocycles. The predicted octanol–water partition coefficient (Wildman–Crippen LogP) is 3.23. The second-order valence-electron chi connectivity index (χ2n) is 6.43. The maximum absolute atomic E-state index is 11.1. The summed E-state index contributed by atoms with van der Waals surface area (Å²) >= 11 is 0. The van der Waals surface area contributed by atoms with Gasteiger partial charge >= 0.3 is 0 Å². The molecular weight excluding hydrogens is 210 g/mol. The highest BCUT2D eigenvalue weighted by atomic mass is 16.3. The zero-order valence-electron chi connectivity index (χ0n) is 11.4. The van der Waals surface area contributed by atoms with Crippen molar-refractivity contribution in [1.82, 2.24) is 0 Å². The Bertz CT molecular complexity index is 237. The normalized spacial score (nSPS) is 37.9. The van der Waals surface area contributed by atoms with Gasteiger partial charge in [-0.05, 0) is 44.4 Å². The third kappa shape index (κ3) is 2.39. The van der Waals surface area contributed by atoms with Crippen LogP contribution in [-0.2, 0) is 0 Å². The van der Waals surface area contributed by atoms with E-state index in [-0.39, 0.29) is 5.41 Å². The standard InChI is InChI=1S/C15H29NO/c1-2-13-6-10-15(17,11-7-13)14(12-16)8-4-3-5-9-14/h13,17H,2-12,16H2,1H3. The van der Waals surface area contributed by atoms with Crippen molar-refractivity contribution in [2.24, 2.45) is 17.1 Å². The average Bonchev–Trinajstić information content (AvgIpc) is 2.40. The van der Waals surface area contributed by atoms with Crippen molar-refractivity contribution in [1.29, 1.82) is 0 Å². The third-order valence-corrected chi connectivity index (χ3v) is 5.70. The molecule has 0 spiro atoms. The molecule has 0 atom stereocenters. The van der Waals surface area contributed by atoms with E-state index in [9.17, 15) is 5.11 Å². The van der Waals surface area contributed by atoms with Crippen molar-refractivity contribution in [3.8, 4) is 0 Å². The Morgan fingerprint density at radius 2 is 1.65 bits per heavy atom. The van der Waals surface area contributed by atoms with Crippen LogP contribution in [-0.4, -0.2) is 17.3 Å². The molecule has 0 aliphatic heterocycles. The van der Waals surface area contributed by atoms with Crippen LogP contribution in [0.1, 0.15) is 71.1 Å². The molecule has 2 nitrogen and oxygen atoms in total. The van der Waals surface area contributed by atoms with Gasteiger partial charge in [0, 0.05) is 12.0 Å². The van der Waals surface area contributed by atoms with Crippen LogP contribution in [0.2, 0.25) is 0 Å². The molecule has 0 aromatic carbocycles. The number of rotatable bonds is 3. The number of hydrogen-bond acceptors (Lipinski definition) is 2.